The molecule has 0 unspecified atom stereocenters. The Labute approximate surface area is 115 Å². The van der Waals surface area contributed by atoms with Crippen LogP contribution in [0.3, 0.4) is 0 Å². The average molecular weight is 278 g/mol. The molecule has 0 aromatic carbocycles. The van der Waals surface area contributed by atoms with E-state index < -0.39 is 5.91 Å². The molecule has 0 radical (unpaired) electrons. The maximum Gasteiger partial charge on any atom is 0.254 e. The van der Waals surface area contributed by atoms with E-state index in [4.69, 9.17) is 17.3 Å². The van der Waals surface area contributed by atoms with Crippen molar-refractivity contribution in [3.05, 3.63) is 47.1 Å². The fourth-order valence-electron chi connectivity index (χ4n) is 1.53. The summed E-state index contributed by atoms with van der Waals surface area (Å²) in [6.45, 7) is 0.560. The number of nitrogens with zero attached hydrogens (tertiary/aromatic N) is 3. The van der Waals surface area contributed by atoms with Crippen molar-refractivity contribution in [1.29, 1.82) is 0 Å². The van der Waals surface area contributed by atoms with Crippen LogP contribution >= 0.6 is 11.6 Å². The molecule has 19 heavy (non-hydrogen) atoms. The lowest BCUT2D eigenvalue weighted by atomic mass is 10.2. The summed E-state index contributed by atoms with van der Waals surface area (Å²) in [5.74, 6) is -0.263. The Hall–Kier alpha value is -2.21. The van der Waals surface area contributed by atoms with Crippen LogP contribution in [-0.2, 0) is 6.42 Å². The number of anilines is 1. The summed E-state index contributed by atoms with van der Waals surface area (Å²) >= 11 is 5.69. The van der Waals surface area contributed by atoms with Crippen molar-refractivity contribution in [3.8, 4) is 0 Å². The van der Waals surface area contributed by atoms with E-state index in [0.29, 0.717) is 18.8 Å². The maximum atomic E-state index is 11.2. The fourth-order valence-corrected chi connectivity index (χ4v) is 1.66. The van der Waals surface area contributed by atoms with Crippen molar-refractivity contribution in [3.63, 3.8) is 0 Å². The number of carbonyl (C=O) groups is 1. The van der Waals surface area contributed by atoms with Gasteiger partial charge in [0, 0.05) is 31.1 Å². The van der Waals surface area contributed by atoms with Gasteiger partial charge < -0.3 is 11.1 Å². The van der Waals surface area contributed by atoms with Crippen LogP contribution in [-0.4, -0.2) is 27.4 Å². The summed E-state index contributed by atoms with van der Waals surface area (Å²) < 4.78 is 0. The fraction of sp³-hybridized carbons (Fsp3) is 0.167. The van der Waals surface area contributed by atoms with E-state index in [1.807, 2.05) is 18.2 Å². The number of halogens is 1. The van der Waals surface area contributed by atoms with Crippen LogP contribution in [0.5, 0.6) is 0 Å². The van der Waals surface area contributed by atoms with Crippen LogP contribution in [0.15, 0.2) is 30.6 Å². The monoisotopic (exact) mass is 277 g/mol. The number of amides is 1. The van der Waals surface area contributed by atoms with Crippen LogP contribution in [0.4, 0.5) is 5.82 Å². The van der Waals surface area contributed by atoms with Crippen LogP contribution in [0.2, 0.25) is 5.28 Å². The smallest absolute Gasteiger partial charge is 0.254 e. The summed E-state index contributed by atoms with van der Waals surface area (Å²) in [7, 11) is 0. The molecule has 2 heterocycles. The number of rotatable bonds is 5. The van der Waals surface area contributed by atoms with E-state index in [-0.39, 0.29) is 10.8 Å². The lowest BCUT2D eigenvalue weighted by molar-refractivity contribution is 0.100. The Bertz CT molecular complexity index is 576. The Kier molecular flexibility index (Phi) is 4.25. The number of aromatic nitrogens is 3. The highest BCUT2D eigenvalue weighted by atomic mass is 35.5. The van der Waals surface area contributed by atoms with Crippen LogP contribution in [0.1, 0.15) is 16.1 Å². The van der Waals surface area contributed by atoms with Crippen molar-refractivity contribution in [2.75, 3.05) is 11.9 Å². The summed E-state index contributed by atoms with van der Waals surface area (Å²) in [6.07, 6.45) is 3.73. The Morgan fingerprint density at radius 1 is 1.37 bits per heavy atom. The molecule has 2 aromatic heterocycles. The molecule has 98 valence electrons. The number of pyridine rings is 1. The third-order valence-electron chi connectivity index (χ3n) is 2.42. The van der Waals surface area contributed by atoms with Crippen LogP contribution in [0, 0.1) is 0 Å². The van der Waals surface area contributed by atoms with E-state index in [0.717, 1.165) is 5.69 Å². The predicted molar refractivity (Wildman–Crippen MR) is 72.0 cm³/mol. The lowest BCUT2D eigenvalue weighted by Crippen LogP contribution is -2.17. The molecular formula is C12H12ClN5O. The SMILES string of the molecule is NC(=O)c1cnc(Cl)nc1NCCc1ccccn1. The molecule has 1 amide bonds. The van der Waals surface area contributed by atoms with Gasteiger partial charge in [-0.05, 0) is 23.7 Å². The van der Waals surface area contributed by atoms with E-state index in [1.54, 1.807) is 6.20 Å². The molecule has 0 saturated carbocycles. The van der Waals surface area contributed by atoms with E-state index in [1.165, 1.54) is 6.20 Å². The van der Waals surface area contributed by atoms with Gasteiger partial charge in [-0.15, -0.1) is 0 Å². The van der Waals surface area contributed by atoms with Crippen molar-refractivity contribution >= 4 is 23.3 Å². The topological polar surface area (TPSA) is 93.8 Å². The molecule has 7 heteroatoms. The first-order valence-electron chi connectivity index (χ1n) is 5.63. The number of primary amides is 1. The largest absolute Gasteiger partial charge is 0.369 e. The first kappa shape index (κ1) is 13.2. The molecule has 0 atom stereocenters. The molecule has 3 N–H and O–H groups in total. The molecule has 2 rings (SSSR count). The standard InChI is InChI=1S/C12H12ClN5O/c13-12-17-7-9(10(14)19)11(18-12)16-6-4-8-3-1-2-5-15-8/h1-3,5,7H,4,6H2,(H2,14,19)(H,16,17,18). The summed E-state index contributed by atoms with van der Waals surface area (Å²) in [6, 6.07) is 5.69. The molecule has 0 saturated heterocycles. The molecule has 2 aromatic rings. The first-order chi connectivity index (χ1) is 9.16. The Morgan fingerprint density at radius 2 is 2.21 bits per heavy atom. The zero-order chi connectivity index (χ0) is 13.7. The number of nitrogens with one attached hydrogen (secondary N) is 1. The van der Waals surface area contributed by atoms with Gasteiger partial charge >= 0.3 is 0 Å². The molecule has 0 fully saturated rings. The lowest BCUT2D eigenvalue weighted by Gasteiger charge is -2.08. The van der Waals surface area contributed by atoms with E-state index >= 15 is 0 Å². The average Bonchev–Trinajstić information content (AvgIpc) is 2.39. The zero-order valence-corrected chi connectivity index (χ0v) is 10.8. The highest BCUT2D eigenvalue weighted by Gasteiger charge is 2.10. The second kappa shape index (κ2) is 6.10. The van der Waals surface area contributed by atoms with E-state index in [9.17, 15) is 4.79 Å². The Morgan fingerprint density at radius 3 is 2.89 bits per heavy atom. The normalized spacial score (nSPS) is 10.2. The Balaban J connectivity index is 2.03. The quantitative estimate of drug-likeness (QED) is 0.803. The second-order valence-corrected chi connectivity index (χ2v) is 4.10. The molecule has 0 aliphatic carbocycles. The number of nitrogens with two attached hydrogens (primary N) is 1. The summed E-state index contributed by atoms with van der Waals surface area (Å²) in [5, 5.41) is 3.07. The second-order valence-electron chi connectivity index (χ2n) is 3.76. The van der Waals surface area contributed by atoms with Gasteiger partial charge in [0.2, 0.25) is 5.28 Å². The third kappa shape index (κ3) is 3.62. The minimum Gasteiger partial charge on any atom is -0.369 e. The highest BCUT2D eigenvalue weighted by Crippen LogP contribution is 2.13. The van der Waals surface area contributed by atoms with Gasteiger partial charge in [0.1, 0.15) is 5.82 Å². The third-order valence-corrected chi connectivity index (χ3v) is 2.61. The minimum absolute atomic E-state index is 0.0605. The van der Waals surface area contributed by atoms with Crippen molar-refractivity contribution in [2.45, 2.75) is 6.42 Å². The van der Waals surface area contributed by atoms with Crippen molar-refractivity contribution < 1.29 is 4.79 Å². The van der Waals surface area contributed by atoms with Gasteiger partial charge in [0.05, 0.1) is 5.56 Å². The van der Waals surface area contributed by atoms with Gasteiger partial charge in [0.15, 0.2) is 0 Å². The highest BCUT2D eigenvalue weighted by molar-refractivity contribution is 6.28. The van der Waals surface area contributed by atoms with E-state index in [2.05, 4.69) is 20.3 Å². The first-order valence-corrected chi connectivity index (χ1v) is 6.01. The number of carbonyl (C=O) groups excluding carboxylic acids is 1. The van der Waals surface area contributed by atoms with Gasteiger partial charge in [-0.3, -0.25) is 9.78 Å². The molecule has 6 nitrogen and oxygen atoms in total. The maximum absolute atomic E-state index is 11.2. The van der Waals surface area contributed by atoms with Gasteiger partial charge in [-0.25, -0.2) is 4.98 Å². The van der Waals surface area contributed by atoms with Crippen molar-refractivity contribution in [2.24, 2.45) is 5.73 Å². The molecule has 0 aliphatic rings. The van der Waals surface area contributed by atoms with Crippen LogP contribution < -0.4 is 11.1 Å². The molecular weight excluding hydrogens is 266 g/mol. The van der Waals surface area contributed by atoms with Gasteiger partial charge in [-0.2, -0.15) is 4.98 Å². The minimum atomic E-state index is -0.600. The predicted octanol–water partition coefficient (Wildman–Crippen LogP) is 1.28. The number of hydrogen-bond donors (Lipinski definition) is 2. The number of hydrogen-bond acceptors (Lipinski definition) is 5. The molecule has 0 bridgehead atoms. The van der Waals surface area contributed by atoms with Gasteiger partial charge in [-0.1, -0.05) is 6.07 Å². The zero-order valence-electron chi connectivity index (χ0n) is 10.0. The summed E-state index contributed by atoms with van der Waals surface area (Å²) in [5.41, 5.74) is 6.39. The van der Waals surface area contributed by atoms with Crippen molar-refractivity contribution in [1.82, 2.24) is 15.0 Å². The van der Waals surface area contributed by atoms with Crippen LogP contribution in [0.25, 0.3) is 0 Å². The molecule has 0 aliphatic heterocycles. The van der Waals surface area contributed by atoms with Gasteiger partial charge in [0.25, 0.3) is 5.91 Å². The summed E-state index contributed by atoms with van der Waals surface area (Å²) in [4.78, 5) is 23.1. The molecule has 0 spiro atoms.